The fourth-order valence-corrected chi connectivity index (χ4v) is 2.32. The third kappa shape index (κ3) is 3.06. The van der Waals surface area contributed by atoms with Gasteiger partial charge >= 0.3 is 5.97 Å². The number of carbonyl (C=O) groups is 2. The van der Waals surface area contributed by atoms with Gasteiger partial charge < -0.3 is 15.0 Å². The number of amides is 1. The van der Waals surface area contributed by atoms with Crippen LogP contribution in [-0.4, -0.2) is 29.5 Å². The molecule has 0 radical (unpaired) electrons. The van der Waals surface area contributed by atoms with Gasteiger partial charge in [0.2, 0.25) is 5.56 Å². The van der Waals surface area contributed by atoms with Gasteiger partial charge in [0.15, 0.2) is 0 Å². The van der Waals surface area contributed by atoms with Crippen molar-refractivity contribution in [1.29, 1.82) is 0 Å². The number of benzene rings is 1. The van der Waals surface area contributed by atoms with Gasteiger partial charge in [-0.2, -0.15) is 0 Å². The minimum absolute atomic E-state index is 0.153. The van der Waals surface area contributed by atoms with E-state index in [4.69, 9.17) is 4.74 Å². The van der Waals surface area contributed by atoms with E-state index in [0.717, 1.165) is 5.56 Å². The number of nitrogens with one attached hydrogen (secondary N) is 2. The third-order valence-electron chi connectivity index (χ3n) is 3.39. The van der Waals surface area contributed by atoms with Gasteiger partial charge in [-0.1, -0.05) is 30.3 Å². The molecule has 1 saturated heterocycles. The van der Waals surface area contributed by atoms with E-state index in [1.165, 1.54) is 6.07 Å². The van der Waals surface area contributed by atoms with Gasteiger partial charge in [0, 0.05) is 17.3 Å². The molecule has 2 heterocycles. The molecule has 1 aliphatic rings. The number of pyridine rings is 1. The Morgan fingerprint density at radius 2 is 1.95 bits per heavy atom. The molecule has 1 fully saturated rings. The maximum Gasteiger partial charge on any atom is 0.308 e. The Balaban J connectivity index is 1.85. The summed E-state index contributed by atoms with van der Waals surface area (Å²) >= 11 is 0. The summed E-state index contributed by atoms with van der Waals surface area (Å²) in [5.41, 5.74) is 1.28. The molecule has 0 spiro atoms. The number of carbonyl (C=O) groups excluding carboxylic acids is 2. The van der Waals surface area contributed by atoms with Crippen LogP contribution in [0.2, 0.25) is 0 Å². The number of H-pyrrole nitrogens is 1. The van der Waals surface area contributed by atoms with Crippen LogP contribution in [0.3, 0.4) is 0 Å². The van der Waals surface area contributed by atoms with E-state index >= 15 is 0 Å². The van der Waals surface area contributed by atoms with Crippen molar-refractivity contribution in [3.63, 3.8) is 0 Å². The molecule has 6 heteroatoms. The second kappa shape index (κ2) is 5.85. The highest BCUT2D eigenvalue weighted by Crippen LogP contribution is 2.16. The molecule has 22 heavy (non-hydrogen) atoms. The molecule has 3 rings (SSSR count). The standard InChI is InChI=1S/C16H14N2O4/c19-14-7-11(16(21)17-12-8-15(20)22-9-12)6-13(18-14)10-4-2-1-3-5-10/h1-7,12H,8-9H2,(H,17,21)(H,18,19)/t12-/m0/s1. The van der Waals surface area contributed by atoms with Crippen LogP contribution < -0.4 is 10.9 Å². The number of aromatic nitrogens is 1. The molecule has 1 atom stereocenters. The Kier molecular flexibility index (Phi) is 3.74. The van der Waals surface area contributed by atoms with Crippen molar-refractivity contribution >= 4 is 11.9 Å². The summed E-state index contributed by atoms with van der Waals surface area (Å²) in [4.78, 5) is 37.7. The molecular formula is C16H14N2O4. The normalized spacial score (nSPS) is 17.1. The summed E-state index contributed by atoms with van der Waals surface area (Å²) in [5.74, 6) is -0.729. The fraction of sp³-hybridized carbons (Fsp3) is 0.188. The smallest absolute Gasteiger partial charge is 0.308 e. The van der Waals surface area contributed by atoms with Gasteiger partial charge in [0.05, 0.1) is 12.5 Å². The predicted octanol–water partition coefficient (Wildman–Crippen LogP) is 1.09. The Bertz CT molecular complexity index is 767. The number of hydrogen-bond donors (Lipinski definition) is 2. The first-order valence-corrected chi connectivity index (χ1v) is 6.88. The number of esters is 1. The number of cyclic esters (lactones) is 1. The van der Waals surface area contributed by atoms with Gasteiger partial charge in [-0.3, -0.25) is 14.4 Å². The van der Waals surface area contributed by atoms with Crippen LogP contribution in [0.25, 0.3) is 11.3 Å². The van der Waals surface area contributed by atoms with Gasteiger partial charge in [0.25, 0.3) is 5.91 Å². The van der Waals surface area contributed by atoms with E-state index in [1.807, 2.05) is 30.3 Å². The van der Waals surface area contributed by atoms with Crippen molar-refractivity contribution < 1.29 is 14.3 Å². The van der Waals surface area contributed by atoms with Crippen LogP contribution in [0.15, 0.2) is 47.3 Å². The fourth-order valence-electron chi connectivity index (χ4n) is 2.32. The number of aromatic amines is 1. The molecule has 112 valence electrons. The summed E-state index contributed by atoms with van der Waals surface area (Å²) in [6, 6.07) is 11.8. The average molecular weight is 298 g/mol. The van der Waals surface area contributed by atoms with Gasteiger partial charge in [-0.15, -0.1) is 0 Å². The van der Waals surface area contributed by atoms with Crippen molar-refractivity contribution in [3.05, 3.63) is 58.4 Å². The Hall–Kier alpha value is -2.89. The summed E-state index contributed by atoms with van der Waals surface area (Å²) < 4.78 is 4.80. The summed E-state index contributed by atoms with van der Waals surface area (Å²) in [5, 5.41) is 2.69. The molecule has 1 aromatic heterocycles. The lowest BCUT2D eigenvalue weighted by Gasteiger charge is -2.10. The van der Waals surface area contributed by atoms with Gasteiger partial charge in [-0.05, 0) is 11.6 Å². The molecule has 2 aromatic rings. The van der Waals surface area contributed by atoms with E-state index in [0.29, 0.717) is 5.69 Å². The second-order valence-corrected chi connectivity index (χ2v) is 5.07. The molecule has 0 unspecified atom stereocenters. The molecule has 1 aromatic carbocycles. The first kappa shape index (κ1) is 14.1. The Labute approximate surface area is 126 Å². The zero-order chi connectivity index (χ0) is 15.5. The molecular weight excluding hydrogens is 284 g/mol. The monoisotopic (exact) mass is 298 g/mol. The number of rotatable bonds is 3. The van der Waals surface area contributed by atoms with Crippen molar-refractivity contribution in [2.45, 2.75) is 12.5 Å². The molecule has 0 aliphatic carbocycles. The Morgan fingerprint density at radius 1 is 1.18 bits per heavy atom. The maximum atomic E-state index is 12.2. The lowest BCUT2D eigenvalue weighted by atomic mass is 10.1. The van der Waals surface area contributed by atoms with Crippen LogP contribution in [-0.2, 0) is 9.53 Å². The Morgan fingerprint density at radius 3 is 2.64 bits per heavy atom. The van der Waals surface area contributed by atoms with Crippen molar-refractivity contribution in [2.75, 3.05) is 6.61 Å². The second-order valence-electron chi connectivity index (χ2n) is 5.07. The minimum Gasteiger partial charge on any atom is -0.463 e. The van der Waals surface area contributed by atoms with Crippen LogP contribution in [0.5, 0.6) is 0 Å². The lowest BCUT2D eigenvalue weighted by molar-refractivity contribution is -0.137. The molecule has 0 saturated carbocycles. The van der Waals surface area contributed by atoms with Crippen molar-refractivity contribution in [2.24, 2.45) is 0 Å². The van der Waals surface area contributed by atoms with E-state index < -0.39 is 5.91 Å². The summed E-state index contributed by atoms with van der Waals surface area (Å²) in [6.45, 7) is 0.166. The number of ether oxygens (including phenoxy) is 1. The maximum absolute atomic E-state index is 12.2. The highest BCUT2D eigenvalue weighted by molar-refractivity contribution is 5.95. The summed E-state index contributed by atoms with van der Waals surface area (Å²) in [6.07, 6.45) is 0.153. The van der Waals surface area contributed by atoms with Crippen LogP contribution >= 0.6 is 0 Å². The first-order valence-electron chi connectivity index (χ1n) is 6.88. The SMILES string of the molecule is O=C1C[C@H](NC(=O)c2cc(-c3ccccc3)[nH]c(=O)c2)CO1. The van der Waals surface area contributed by atoms with E-state index in [1.54, 1.807) is 6.07 Å². The zero-order valence-corrected chi connectivity index (χ0v) is 11.7. The number of hydrogen-bond acceptors (Lipinski definition) is 4. The lowest BCUT2D eigenvalue weighted by Crippen LogP contribution is -2.35. The molecule has 1 amide bonds. The van der Waals surface area contributed by atoms with E-state index in [2.05, 4.69) is 10.3 Å². The van der Waals surface area contributed by atoms with Gasteiger partial charge in [0.1, 0.15) is 6.61 Å². The predicted molar refractivity (Wildman–Crippen MR) is 79.3 cm³/mol. The summed E-state index contributed by atoms with van der Waals surface area (Å²) in [7, 11) is 0. The van der Waals surface area contributed by atoms with Crippen molar-refractivity contribution in [1.82, 2.24) is 10.3 Å². The first-order chi connectivity index (χ1) is 10.6. The minimum atomic E-state index is -0.397. The van der Waals surface area contributed by atoms with Gasteiger partial charge in [-0.25, -0.2) is 0 Å². The quantitative estimate of drug-likeness (QED) is 0.830. The topological polar surface area (TPSA) is 88.3 Å². The molecule has 0 bridgehead atoms. The highest BCUT2D eigenvalue weighted by Gasteiger charge is 2.25. The van der Waals surface area contributed by atoms with E-state index in [9.17, 15) is 14.4 Å². The molecule has 1 aliphatic heterocycles. The van der Waals surface area contributed by atoms with Crippen molar-refractivity contribution in [3.8, 4) is 11.3 Å². The highest BCUT2D eigenvalue weighted by atomic mass is 16.5. The molecule has 6 nitrogen and oxygen atoms in total. The van der Waals surface area contributed by atoms with Crippen LogP contribution in [0, 0.1) is 0 Å². The van der Waals surface area contributed by atoms with Crippen LogP contribution in [0.4, 0.5) is 0 Å². The average Bonchev–Trinajstić information content (AvgIpc) is 2.92. The van der Waals surface area contributed by atoms with Crippen LogP contribution in [0.1, 0.15) is 16.8 Å². The third-order valence-corrected chi connectivity index (χ3v) is 3.39. The zero-order valence-electron chi connectivity index (χ0n) is 11.7. The van der Waals surface area contributed by atoms with E-state index in [-0.39, 0.29) is 36.2 Å². The molecule has 2 N–H and O–H groups in total. The largest absolute Gasteiger partial charge is 0.463 e.